The molecule has 0 fully saturated rings. The van der Waals surface area contributed by atoms with Crippen molar-refractivity contribution in [2.24, 2.45) is 0 Å². The summed E-state index contributed by atoms with van der Waals surface area (Å²) < 4.78 is 31.3. The lowest BCUT2D eigenvalue weighted by atomic mass is 10.0. The fraction of sp³-hybridized carbons (Fsp3) is 0.286. The Hall–Kier alpha value is -2.44. The summed E-state index contributed by atoms with van der Waals surface area (Å²) in [6.07, 6.45) is 5.47. The van der Waals surface area contributed by atoms with Crippen molar-refractivity contribution in [1.29, 1.82) is 0 Å². The third-order valence-electron chi connectivity index (χ3n) is 5.17. The molecule has 0 aliphatic carbocycles. The van der Waals surface area contributed by atoms with Gasteiger partial charge in [-0.15, -0.1) is 0 Å². The van der Waals surface area contributed by atoms with E-state index in [1.807, 2.05) is 63.4 Å². The van der Waals surface area contributed by atoms with Gasteiger partial charge in [-0.25, -0.2) is 8.42 Å². The van der Waals surface area contributed by atoms with E-state index in [9.17, 15) is 8.42 Å². The van der Waals surface area contributed by atoms with Crippen LogP contribution in [-0.2, 0) is 16.6 Å². The third kappa shape index (κ3) is 2.99. The Morgan fingerprint density at radius 3 is 2.44 bits per heavy atom. The molecule has 0 N–H and O–H groups in total. The van der Waals surface area contributed by atoms with E-state index in [2.05, 4.69) is 9.55 Å². The largest absolute Gasteiger partial charge is 0.348 e. The van der Waals surface area contributed by atoms with Gasteiger partial charge < -0.3 is 4.57 Å². The van der Waals surface area contributed by atoms with Gasteiger partial charge in [0, 0.05) is 37.4 Å². The number of nitrogens with zero attached hydrogens (tertiary/aromatic N) is 3. The molecule has 0 saturated carbocycles. The van der Waals surface area contributed by atoms with Crippen LogP contribution in [0.3, 0.4) is 0 Å². The standard InChI is InChI=1S/C21H23N3O2S/c1-15-12-16(2)21(17(3)13-15)27(25,26)24-11-10-23-9-5-7-19(23)20(24)18-6-4-8-22-14-18/h4-9,12-14,20H,10-11H2,1-3H3. The van der Waals surface area contributed by atoms with Crippen LogP contribution in [0.15, 0.2) is 59.9 Å². The summed E-state index contributed by atoms with van der Waals surface area (Å²) in [5.41, 5.74) is 4.50. The van der Waals surface area contributed by atoms with E-state index < -0.39 is 10.0 Å². The molecule has 3 aromatic rings. The van der Waals surface area contributed by atoms with Crippen molar-refractivity contribution in [3.05, 3.63) is 82.9 Å². The zero-order valence-electron chi connectivity index (χ0n) is 15.8. The molecule has 1 atom stereocenters. The Bertz CT molecular complexity index is 1060. The highest BCUT2D eigenvalue weighted by Gasteiger charge is 2.38. The summed E-state index contributed by atoms with van der Waals surface area (Å²) in [4.78, 5) is 4.64. The Morgan fingerprint density at radius 2 is 1.78 bits per heavy atom. The zero-order valence-corrected chi connectivity index (χ0v) is 16.6. The monoisotopic (exact) mass is 381 g/mol. The Balaban J connectivity index is 1.90. The van der Waals surface area contributed by atoms with Crippen LogP contribution in [0.2, 0.25) is 0 Å². The van der Waals surface area contributed by atoms with Crippen LogP contribution in [0, 0.1) is 20.8 Å². The number of rotatable bonds is 3. The summed E-state index contributed by atoms with van der Waals surface area (Å²) >= 11 is 0. The minimum atomic E-state index is -3.67. The molecule has 0 bridgehead atoms. The lowest BCUT2D eigenvalue weighted by Gasteiger charge is -2.36. The van der Waals surface area contributed by atoms with Gasteiger partial charge in [-0.05, 0) is 55.7 Å². The van der Waals surface area contributed by atoms with Crippen LogP contribution in [0.25, 0.3) is 0 Å². The predicted molar refractivity (Wildman–Crippen MR) is 105 cm³/mol. The van der Waals surface area contributed by atoms with Gasteiger partial charge in [0.05, 0.1) is 10.9 Å². The van der Waals surface area contributed by atoms with Gasteiger partial charge in [0.2, 0.25) is 10.0 Å². The van der Waals surface area contributed by atoms with E-state index in [0.29, 0.717) is 18.0 Å². The molecule has 0 amide bonds. The molecule has 0 radical (unpaired) electrons. The van der Waals surface area contributed by atoms with Gasteiger partial charge in [0.25, 0.3) is 0 Å². The van der Waals surface area contributed by atoms with Crippen molar-refractivity contribution in [2.45, 2.75) is 38.3 Å². The Morgan fingerprint density at radius 1 is 1.04 bits per heavy atom. The zero-order chi connectivity index (χ0) is 19.2. The van der Waals surface area contributed by atoms with Crippen LogP contribution in [-0.4, -0.2) is 28.8 Å². The Labute approximate surface area is 160 Å². The molecule has 6 heteroatoms. The molecule has 4 rings (SSSR count). The molecule has 0 saturated heterocycles. The highest BCUT2D eigenvalue weighted by Crippen LogP contribution is 2.37. The van der Waals surface area contributed by atoms with Crippen molar-refractivity contribution in [3.63, 3.8) is 0 Å². The number of aryl methyl sites for hydroxylation is 3. The first-order valence-corrected chi connectivity index (χ1v) is 10.5. The second-order valence-electron chi connectivity index (χ2n) is 7.16. The van der Waals surface area contributed by atoms with Gasteiger partial charge in [0.15, 0.2) is 0 Å². The van der Waals surface area contributed by atoms with Crippen LogP contribution in [0.1, 0.15) is 34.0 Å². The fourth-order valence-electron chi connectivity index (χ4n) is 4.19. The molecular formula is C21H23N3O2S. The molecule has 0 spiro atoms. The van der Waals surface area contributed by atoms with Crippen molar-refractivity contribution in [1.82, 2.24) is 13.9 Å². The maximum Gasteiger partial charge on any atom is 0.244 e. The lowest BCUT2D eigenvalue weighted by molar-refractivity contribution is 0.297. The first-order valence-electron chi connectivity index (χ1n) is 9.04. The number of hydrogen-bond donors (Lipinski definition) is 0. The Kier molecular flexibility index (Phi) is 4.40. The second-order valence-corrected chi connectivity index (χ2v) is 8.99. The van der Waals surface area contributed by atoms with Gasteiger partial charge >= 0.3 is 0 Å². The lowest BCUT2D eigenvalue weighted by Crippen LogP contribution is -2.42. The van der Waals surface area contributed by atoms with Crippen molar-refractivity contribution < 1.29 is 8.42 Å². The molecule has 1 aliphatic heterocycles. The van der Waals surface area contributed by atoms with Crippen LogP contribution >= 0.6 is 0 Å². The molecule has 140 valence electrons. The SMILES string of the molecule is Cc1cc(C)c(S(=O)(=O)N2CCn3cccc3C2c2cccnc2)c(C)c1. The summed E-state index contributed by atoms with van der Waals surface area (Å²) in [6.45, 7) is 6.80. The number of hydrogen-bond acceptors (Lipinski definition) is 3. The first-order chi connectivity index (χ1) is 12.9. The first kappa shape index (κ1) is 17.9. The maximum absolute atomic E-state index is 13.8. The van der Waals surface area contributed by atoms with Gasteiger partial charge in [-0.2, -0.15) is 4.31 Å². The number of aromatic nitrogens is 2. The van der Waals surface area contributed by atoms with Gasteiger partial charge in [0.1, 0.15) is 0 Å². The number of sulfonamides is 1. The van der Waals surface area contributed by atoms with E-state index in [1.54, 1.807) is 16.7 Å². The molecular weight excluding hydrogens is 358 g/mol. The molecule has 1 unspecified atom stereocenters. The van der Waals surface area contributed by atoms with Crippen molar-refractivity contribution >= 4 is 10.0 Å². The van der Waals surface area contributed by atoms with Gasteiger partial charge in [-0.1, -0.05) is 23.8 Å². The van der Waals surface area contributed by atoms with E-state index >= 15 is 0 Å². The van der Waals surface area contributed by atoms with Crippen LogP contribution in [0.4, 0.5) is 0 Å². The number of benzene rings is 1. The average Bonchev–Trinajstić information content (AvgIpc) is 3.09. The van der Waals surface area contributed by atoms with E-state index in [0.717, 1.165) is 27.9 Å². The van der Waals surface area contributed by atoms with Crippen molar-refractivity contribution in [3.8, 4) is 0 Å². The molecule has 5 nitrogen and oxygen atoms in total. The number of pyridine rings is 1. The molecule has 1 aromatic carbocycles. The average molecular weight is 382 g/mol. The van der Waals surface area contributed by atoms with Crippen LogP contribution in [0.5, 0.6) is 0 Å². The minimum Gasteiger partial charge on any atom is -0.348 e. The summed E-state index contributed by atoms with van der Waals surface area (Å²) in [7, 11) is -3.67. The second kappa shape index (κ2) is 6.62. The normalized spacial score (nSPS) is 17.7. The molecule has 2 aromatic heterocycles. The minimum absolute atomic E-state index is 0.382. The summed E-state index contributed by atoms with van der Waals surface area (Å²) in [5, 5.41) is 0. The summed E-state index contributed by atoms with van der Waals surface area (Å²) in [5.74, 6) is 0. The summed E-state index contributed by atoms with van der Waals surface area (Å²) in [6, 6.07) is 11.2. The highest BCUT2D eigenvalue weighted by atomic mass is 32.2. The van der Waals surface area contributed by atoms with Crippen LogP contribution < -0.4 is 0 Å². The third-order valence-corrected chi connectivity index (χ3v) is 7.34. The molecule has 27 heavy (non-hydrogen) atoms. The van der Waals surface area contributed by atoms with Crippen molar-refractivity contribution in [2.75, 3.05) is 6.54 Å². The topological polar surface area (TPSA) is 55.2 Å². The van der Waals surface area contributed by atoms with E-state index in [1.165, 1.54) is 0 Å². The van der Waals surface area contributed by atoms with E-state index in [4.69, 9.17) is 0 Å². The fourth-order valence-corrected chi connectivity index (χ4v) is 6.18. The molecule has 1 aliphatic rings. The number of fused-ring (bicyclic) bond motifs is 1. The maximum atomic E-state index is 13.8. The smallest absolute Gasteiger partial charge is 0.244 e. The highest BCUT2D eigenvalue weighted by molar-refractivity contribution is 7.89. The molecule has 3 heterocycles. The van der Waals surface area contributed by atoms with Gasteiger partial charge in [-0.3, -0.25) is 4.98 Å². The quantitative estimate of drug-likeness (QED) is 0.696. The van der Waals surface area contributed by atoms with E-state index in [-0.39, 0.29) is 6.04 Å². The predicted octanol–water partition coefficient (Wildman–Crippen LogP) is 3.60.